The van der Waals surface area contributed by atoms with E-state index in [0.717, 1.165) is 0 Å². The molecule has 0 spiro atoms. The number of halogens is 1. The molecule has 2 N–H and O–H groups in total. The number of amides is 1. The molecular weight excluding hydrogens is 290 g/mol. The van der Waals surface area contributed by atoms with Crippen LogP contribution in [0.25, 0.3) is 0 Å². The van der Waals surface area contributed by atoms with Crippen LogP contribution in [-0.4, -0.2) is 35.9 Å². The van der Waals surface area contributed by atoms with Crippen LogP contribution in [0.2, 0.25) is 0 Å². The van der Waals surface area contributed by atoms with Gasteiger partial charge in [0.2, 0.25) is 0 Å². The van der Waals surface area contributed by atoms with E-state index in [1.54, 1.807) is 7.05 Å². The molecule has 0 heterocycles. The van der Waals surface area contributed by atoms with Crippen LogP contribution in [0.4, 0.5) is 5.69 Å². The molecule has 17 heavy (non-hydrogen) atoms. The van der Waals surface area contributed by atoms with Crippen molar-refractivity contribution >= 4 is 27.5 Å². The van der Waals surface area contributed by atoms with Crippen molar-refractivity contribution in [2.45, 2.75) is 0 Å². The minimum absolute atomic E-state index is 0.113. The van der Waals surface area contributed by atoms with Gasteiger partial charge < -0.3 is 10.6 Å². The highest BCUT2D eigenvalue weighted by molar-refractivity contribution is 9.10. The van der Waals surface area contributed by atoms with E-state index in [1.807, 2.05) is 0 Å². The monoisotopic (exact) mass is 301 g/mol. The number of hydrogen-bond acceptors (Lipinski definition) is 4. The van der Waals surface area contributed by atoms with Gasteiger partial charge in [-0.25, -0.2) is 0 Å². The molecule has 0 unspecified atom stereocenters. The Morgan fingerprint density at radius 3 is 2.76 bits per heavy atom. The third-order valence-electron chi connectivity index (χ3n) is 2.20. The van der Waals surface area contributed by atoms with Gasteiger partial charge in [0.05, 0.1) is 10.5 Å². The zero-order chi connectivity index (χ0) is 13.0. The number of benzene rings is 1. The summed E-state index contributed by atoms with van der Waals surface area (Å²) in [6, 6.07) is 4.07. The summed E-state index contributed by atoms with van der Waals surface area (Å²) in [5, 5.41) is 10.6. The van der Waals surface area contributed by atoms with Crippen molar-refractivity contribution in [2.75, 3.05) is 20.1 Å². The second-order valence-corrected chi connectivity index (χ2v) is 4.29. The number of hydrogen-bond donors (Lipinski definition) is 1. The lowest BCUT2D eigenvalue weighted by molar-refractivity contribution is -0.384. The Morgan fingerprint density at radius 1 is 1.59 bits per heavy atom. The van der Waals surface area contributed by atoms with Gasteiger partial charge in [-0.05, 0) is 22.0 Å². The van der Waals surface area contributed by atoms with Gasteiger partial charge in [-0.1, -0.05) is 0 Å². The Hall–Kier alpha value is -1.47. The molecule has 7 heteroatoms. The topological polar surface area (TPSA) is 89.5 Å². The Labute approximate surface area is 107 Å². The van der Waals surface area contributed by atoms with Crippen LogP contribution in [0.3, 0.4) is 0 Å². The fourth-order valence-corrected chi connectivity index (χ4v) is 1.71. The van der Waals surface area contributed by atoms with Gasteiger partial charge in [-0.2, -0.15) is 0 Å². The Balaban J connectivity index is 3.07. The van der Waals surface area contributed by atoms with Gasteiger partial charge in [0.25, 0.3) is 11.6 Å². The number of non-ortho nitro benzene ring substituents is 1. The molecule has 1 rings (SSSR count). The molecule has 1 aromatic rings. The first-order valence-electron chi connectivity index (χ1n) is 4.87. The summed E-state index contributed by atoms with van der Waals surface area (Å²) in [5.74, 6) is -0.300. The maximum atomic E-state index is 11.9. The molecule has 0 aromatic heterocycles. The minimum Gasteiger partial charge on any atom is -0.340 e. The summed E-state index contributed by atoms with van der Waals surface area (Å²) >= 11 is 3.20. The van der Waals surface area contributed by atoms with E-state index in [1.165, 1.54) is 23.1 Å². The smallest absolute Gasteiger partial charge is 0.270 e. The Bertz CT molecular complexity index is 450. The fraction of sp³-hybridized carbons (Fsp3) is 0.300. The van der Waals surface area contributed by atoms with Crippen molar-refractivity contribution in [3.63, 3.8) is 0 Å². The van der Waals surface area contributed by atoms with Gasteiger partial charge in [0, 0.05) is 36.7 Å². The van der Waals surface area contributed by atoms with Gasteiger partial charge >= 0.3 is 0 Å². The highest BCUT2D eigenvalue weighted by atomic mass is 79.9. The van der Waals surface area contributed by atoms with Gasteiger partial charge in [-0.3, -0.25) is 14.9 Å². The summed E-state index contributed by atoms with van der Waals surface area (Å²) < 4.78 is 0.525. The molecule has 0 saturated heterocycles. The van der Waals surface area contributed by atoms with Gasteiger partial charge in [-0.15, -0.1) is 0 Å². The number of nitrogens with two attached hydrogens (primary N) is 1. The van der Waals surface area contributed by atoms with Gasteiger partial charge in [0.15, 0.2) is 0 Å². The summed E-state index contributed by atoms with van der Waals surface area (Å²) in [7, 11) is 1.60. The van der Waals surface area contributed by atoms with E-state index in [2.05, 4.69) is 15.9 Å². The van der Waals surface area contributed by atoms with Crippen LogP contribution in [-0.2, 0) is 0 Å². The second kappa shape index (κ2) is 5.74. The summed E-state index contributed by atoms with van der Waals surface area (Å²) in [6.45, 7) is 0.739. The van der Waals surface area contributed by atoms with E-state index in [0.29, 0.717) is 17.6 Å². The van der Waals surface area contributed by atoms with E-state index in [9.17, 15) is 14.9 Å². The molecule has 0 aliphatic carbocycles. The normalized spacial score (nSPS) is 10.1. The highest BCUT2D eigenvalue weighted by Crippen LogP contribution is 2.23. The summed E-state index contributed by atoms with van der Waals surface area (Å²) in [4.78, 5) is 23.5. The maximum absolute atomic E-state index is 11.9. The number of rotatable bonds is 4. The van der Waals surface area contributed by atoms with Crippen LogP contribution in [0.15, 0.2) is 22.7 Å². The first-order chi connectivity index (χ1) is 7.97. The van der Waals surface area contributed by atoms with E-state index >= 15 is 0 Å². The zero-order valence-electron chi connectivity index (χ0n) is 9.22. The SMILES string of the molecule is CN(CCN)C(=O)c1cc([N+](=O)[O-])ccc1Br. The molecule has 92 valence electrons. The third-order valence-corrected chi connectivity index (χ3v) is 2.89. The number of likely N-dealkylation sites (N-methyl/N-ethyl adjacent to an activating group) is 1. The van der Waals surface area contributed by atoms with Crippen LogP contribution in [0.5, 0.6) is 0 Å². The van der Waals surface area contributed by atoms with Crippen molar-refractivity contribution in [3.8, 4) is 0 Å². The average molecular weight is 302 g/mol. The largest absolute Gasteiger partial charge is 0.340 e. The Morgan fingerprint density at radius 2 is 2.24 bits per heavy atom. The van der Waals surface area contributed by atoms with Gasteiger partial charge in [0.1, 0.15) is 0 Å². The van der Waals surface area contributed by atoms with E-state index in [-0.39, 0.29) is 17.2 Å². The molecule has 0 aliphatic rings. The second-order valence-electron chi connectivity index (χ2n) is 3.44. The number of carbonyl (C=O) groups is 1. The highest BCUT2D eigenvalue weighted by Gasteiger charge is 2.18. The maximum Gasteiger partial charge on any atom is 0.270 e. The van der Waals surface area contributed by atoms with E-state index in [4.69, 9.17) is 5.73 Å². The number of nitro groups is 1. The van der Waals surface area contributed by atoms with Crippen molar-refractivity contribution in [1.29, 1.82) is 0 Å². The lowest BCUT2D eigenvalue weighted by Gasteiger charge is -2.16. The summed E-state index contributed by atoms with van der Waals surface area (Å²) in [6.07, 6.45) is 0. The van der Waals surface area contributed by atoms with Crippen LogP contribution in [0.1, 0.15) is 10.4 Å². The first-order valence-corrected chi connectivity index (χ1v) is 5.66. The van der Waals surface area contributed by atoms with E-state index < -0.39 is 4.92 Å². The van der Waals surface area contributed by atoms with Crippen LogP contribution < -0.4 is 5.73 Å². The lowest BCUT2D eigenvalue weighted by atomic mass is 10.2. The average Bonchev–Trinajstić information content (AvgIpc) is 2.28. The summed E-state index contributed by atoms with van der Waals surface area (Å²) in [5.41, 5.74) is 5.49. The molecule has 0 aliphatic heterocycles. The standard InChI is InChI=1S/C10H12BrN3O3/c1-13(5-4-12)10(15)8-6-7(14(16)17)2-3-9(8)11/h2-3,6H,4-5,12H2,1H3. The number of carbonyl (C=O) groups excluding carboxylic acids is 1. The predicted molar refractivity (Wildman–Crippen MR) is 66.8 cm³/mol. The minimum atomic E-state index is -0.536. The molecule has 0 saturated carbocycles. The lowest BCUT2D eigenvalue weighted by Crippen LogP contribution is -2.31. The Kier molecular flexibility index (Phi) is 4.59. The molecular formula is C10H12BrN3O3. The van der Waals surface area contributed by atoms with Crippen molar-refractivity contribution in [3.05, 3.63) is 38.3 Å². The van der Waals surface area contributed by atoms with Crippen molar-refractivity contribution < 1.29 is 9.72 Å². The molecule has 0 bridgehead atoms. The molecule has 0 atom stereocenters. The molecule has 0 fully saturated rings. The quantitative estimate of drug-likeness (QED) is 0.672. The third kappa shape index (κ3) is 3.24. The molecule has 1 amide bonds. The number of nitrogens with zero attached hydrogens (tertiary/aromatic N) is 2. The van der Waals surface area contributed by atoms with Crippen LogP contribution in [0, 0.1) is 10.1 Å². The van der Waals surface area contributed by atoms with Crippen molar-refractivity contribution in [2.24, 2.45) is 5.73 Å². The first kappa shape index (κ1) is 13.6. The fourth-order valence-electron chi connectivity index (χ4n) is 1.29. The van der Waals surface area contributed by atoms with Crippen LogP contribution >= 0.6 is 15.9 Å². The molecule has 0 radical (unpaired) electrons. The molecule has 1 aromatic carbocycles. The molecule has 6 nitrogen and oxygen atoms in total. The van der Waals surface area contributed by atoms with Crippen molar-refractivity contribution in [1.82, 2.24) is 4.90 Å². The zero-order valence-corrected chi connectivity index (χ0v) is 10.8. The predicted octanol–water partition coefficient (Wildman–Crippen LogP) is 1.39. The number of nitro benzene ring substituents is 1.